The normalized spacial score (nSPS) is 15.4. The third-order valence-electron chi connectivity index (χ3n) is 6.26. The molecule has 1 fully saturated rings. The highest BCUT2D eigenvalue weighted by molar-refractivity contribution is 6.28. The first kappa shape index (κ1) is 27.2. The van der Waals surface area contributed by atoms with Gasteiger partial charge in [0.2, 0.25) is 5.28 Å². The lowest BCUT2D eigenvalue weighted by molar-refractivity contribution is -0.138. The number of benzene rings is 1. The molecule has 7 nitrogen and oxygen atoms in total. The van der Waals surface area contributed by atoms with E-state index in [1.54, 1.807) is 34.8 Å². The first-order valence-electron chi connectivity index (χ1n) is 12.1. The number of hydrogen-bond acceptors (Lipinski definition) is 5. The second-order valence-corrected chi connectivity index (χ2v) is 10.6. The molecule has 1 aliphatic heterocycles. The van der Waals surface area contributed by atoms with E-state index in [4.69, 9.17) is 21.1 Å². The Bertz CT molecular complexity index is 1280. The van der Waals surface area contributed by atoms with E-state index in [9.17, 15) is 18.0 Å². The van der Waals surface area contributed by atoms with Crippen LogP contribution >= 0.6 is 11.6 Å². The summed E-state index contributed by atoms with van der Waals surface area (Å²) in [6.45, 7) is 6.65. The van der Waals surface area contributed by atoms with Gasteiger partial charge in [0, 0.05) is 43.9 Å². The van der Waals surface area contributed by atoms with Gasteiger partial charge < -0.3 is 18.9 Å². The number of alkyl halides is 3. The summed E-state index contributed by atoms with van der Waals surface area (Å²) in [5.74, 6) is 0.154. The Morgan fingerprint density at radius 1 is 1.14 bits per heavy atom. The average molecular weight is 539 g/mol. The molecule has 1 amide bonds. The van der Waals surface area contributed by atoms with Gasteiger partial charge in [0.1, 0.15) is 11.2 Å². The molecule has 1 aromatic carbocycles. The summed E-state index contributed by atoms with van der Waals surface area (Å²) in [5, 5.41) is 0.574. The molecule has 11 heteroatoms. The summed E-state index contributed by atoms with van der Waals surface area (Å²) in [5.41, 5.74) is -0.115. The van der Waals surface area contributed by atoms with Crippen molar-refractivity contribution < 1.29 is 27.4 Å². The number of aryl methyl sites for hydroxylation is 1. The SMILES string of the molecule is Cn1ccc2c(-c3ccc(COCC4CCN(C(=O)OC(C)(C)C)CC4)c(C(F)(F)F)c3)nc(Cl)nc21. The van der Waals surface area contributed by atoms with Crippen LogP contribution in [-0.4, -0.2) is 50.8 Å². The van der Waals surface area contributed by atoms with Crippen molar-refractivity contribution in [3.63, 3.8) is 0 Å². The minimum Gasteiger partial charge on any atom is -0.444 e. The van der Waals surface area contributed by atoms with E-state index < -0.39 is 17.3 Å². The lowest BCUT2D eigenvalue weighted by Crippen LogP contribution is -2.42. The molecule has 0 spiro atoms. The molecule has 4 rings (SSSR count). The maximum atomic E-state index is 14.0. The quantitative estimate of drug-likeness (QED) is 0.348. The molecule has 1 saturated heterocycles. The van der Waals surface area contributed by atoms with Crippen LogP contribution in [0.4, 0.5) is 18.0 Å². The molecule has 37 heavy (non-hydrogen) atoms. The molecular weight excluding hydrogens is 509 g/mol. The van der Waals surface area contributed by atoms with Gasteiger partial charge in [0.25, 0.3) is 0 Å². The molecule has 1 aliphatic rings. The fraction of sp³-hybridized carbons (Fsp3) is 0.500. The Morgan fingerprint density at radius 3 is 2.49 bits per heavy atom. The maximum absolute atomic E-state index is 14.0. The molecule has 200 valence electrons. The molecule has 3 heterocycles. The van der Waals surface area contributed by atoms with Crippen LogP contribution in [0.2, 0.25) is 5.28 Å². The van der Waals surface area contributed by atoms with Crippen molar-refractivity contribution >= 4 is 28.7 Å². The van der Waals surface area contributed by atoms with Gasteiger partial charge in [-0.25, -0.2) is 9.78 Å². The molecule has 0 aliphatic carbocycles. The van der Waals surface area contributed by atoms with Gasteiger partial charge in [-0.2, -0.15) is 18.2 Å². The number of hydrogen-bond donors (Lipinski definition) is 0. The van der Waals surface area contributed by atoms with Crippen molar-refractivity contribution in [1.82, 2.24) is 19.4 Å². The number of piperidine rings is 1. The molecule has 0 saturated carbocycles. The van der Waals surface area contributed by atoms with E-state index in [1.165, 1.54) is 6.07 Å². The van der Waals surface area contributed by atoms with Crippen LogP contribution in [0.3, 0.4) is 0 Å². The molecule has 2 aromatic heterocycles. The van der Waals surface area contributed by atoms with Gasteiger partial charge in [-0.15, -0.1) is 0 Å². The molecular formula is C26H30ClF3N4O3. The van der Waals surface area contributed by atoms with E-state index in [-0.39, 0.29) is 29.5 Å². The minimum absolute atomic E-state index is 0.0389. The number of nitrogens with zero attached hydrogens (tertiary/aromatic N) is 4. The Morgan fingerprint density at radius 2 is 1.84 bits per heavy atom. The molecule has 0 N–H and O–H groups in total. The zero-order chi connectivity index (χ0) is 27.0. The zero-order valence-corrected chi connectivity index (χ0v) is 22.0. The summed E-state index contributed by atoms with van der Waals surface area (Å²) in [4.78, 5) is 22.3. The van der Waals surface area contributed by atoms with Crippen molar-refractivity contribution in [3.8, 4) is 11.3 Å². The van der Waals surface area contributed by atoms with Gasteiger partial charge in [-0.1, -0.05) is 12.1 Å². The second-order valence-electron chi connectivity index (χ2n) is 10.3. The fourth-order valence-electron chi connectivity index (χ4n) is 4.39. The fourth-order valence-corrected chi connectivity index (χ4v) is 4.55. The van der Waals surface area contributed by atoms with E-state index in [1.807, 2.05) is 20.8 Å². The number of rotatable bonds is 5. The van der Waals surface area contributed by atoms with Crippen LogP contribution in [0, 0.1) is 5.92 Å². The van der Waals surface area contributed by atoms with Gasteiger partial charge >= 0.3 is 12.3 Å². The summed E-state index contributed by atoms with van der Waals surface area (Å²) in [7, 11) is 1.78. The number of amides is 1. The monoisotopic (exact) mass is 538 g/mol. The first-order valence-corrected chi connectivity index (χ1v) is 12.4. The van der Waals surface area contributed by atoms with Crippen molar-refractivity contribution in [2.45, 2.75) is 52.0 Å². The zero-order valence-electron chi connectivity index (χ0n) is 21.2. The highest BCUT2D eigenvalue weighted by Gasteiger charge is 2.34. The van der Waals surface area contributed by atoms with Crippen LogP contribution in [-0.2, 0) is 29.3 Å². The Hall–Kier alpha value is -2.85. The van der Waals surface area contributed by atoms with Crippen molar-refractivity contribution in [2.75, 3.05) is 19.7 Å². The summed E-state index contributed by atoms with van der Waals surface area (Å²) in [6.07, 6.45) is -1.76. The van der Waals surface area contributed by atoms with Gasteiger partial charge in [-0.05, 0) is 68.8 Å². The van der Waals surface area contributed by atoms with Gasteiger partial charge in [-0.3, -0.25) is 0 Å². The van der Waals surface area contributed by atoms with E-state index in [0.29, 0.717) is 54.8 Å². The highest BCUT2D eigenvalue weighted by atomic mass is 35.5. The number of likely N-dealkylation sites (tertiary alicyclic amines) is 1. The third kappa shape index (κ3) is 6.54. The predicted octanol–water partition coefficient (Wildman–Crippen LogP) is 6.47. The number of carbonyl (C=O) groups excluding carboxylic acids is 1. The van der Waals surface area contributed by atoms with E-state index in [2.05, 4.69) is 9.97 Å². The van der Waals surface area contributed by atoms with Crippen LogP contribution in [0.1, 0.15) is 44.7 Å². The molecule has 0 atom stereocenters. The van der Waals surface area contributed by atoms with Crippen LogP contribution in [0.25, 0.3) is 22.3 Å². The molecule has 0 unspecified atom stereocenters. The molecule has 3 aromatic rings. The van der Waals surface area contributed by atoms with E-state index >= 15 is 0 Å². The van der Waals surface area contributed by atoms with E-state index in [0.717, 1.165) is 6.07 Å². The Labute approximate surface area is 218 Å². The Balaban J connectivity index is 1.43. The summed E-state index contributed by atoms with van der Waals surface area (Å²) >= 11 is 6.05. The van der Waals surface area contributed by atoms with Crippen molar-refractivity contribution in [2.24, 2.45) is 13.0 Å². The summed E-state index contributed by atoms with van der Waals surface area (Å²) < 4.78 is 54.8. The van der Waals surface area contributed by atoms with Crippen molar-refractivity contribution in [1.29, 1.82) is 0 Å². The lowest BCUT2D eigenvalue weighted by atomic mass is 9.98. The predicted molar refractivity (Wildman–Crippen MR) is 134 cm³/mol. The largest absolute Gasteiger partial charge is 0.444 e. The third-order valence-corrected chi connectivity index (χ3v) is 6.43. The van der Waals surface area contributed by atoms with Crippen LogP contribution in [0.5, 0.6) is 0 Å². The lowest BCUT2D eigenvalue weighted by Gasteiger charge is -2.33. The minimum atomic E-state index is -4.57. The molecule has 0 bridgehead atoms. The first-order chi connectivity index (χ1) is 17.3. The number of aromatic nitrogens is 3. The number of ether oxygens (including phenoxy) is 2. The van der Waals surface area contributed by atoms with Crippen LogP contribution in [0.15, 0.2) is 30.5 Å². The van der Waals surface area contributed by atoms with Gasteiger partial charge in [0.15, 0.2) is 0 Å². The standard InChI is InChI=1S/C26H30ClF3N4O3/c1-25(2,3)37-24(35)34-11-7-16(8-12-34)14-36-15-18-6-5-17(13-20(18)26(28,29)30)21-19-9-10-33(4)22(19)32-23(27)31-21/h5-6,9-10,13,16H,7-8,11-12,14-15H2,1-4H3. The maximum Gasteiger partial charge on any atom is 0.416 e. The number of halogens is 4. The van der Waals surface area contributed by atoms with Gasteiger partial charge in [0.05, 0.1) is 17.9 Å². The number of carbonyl (C=O) groups is 1. The molecule has 0 radical (unpaired) electrons. The smallest absolute Gasteiger partial charge is 0.416 e. The second kappa shape index (κ2) is 10.5. The van der Waals surface area contributed by atoms with Crippen molar-refractivity contribution in [3.05, 3.63) is 46.9 Å². The summed E-state index contributed by atoms with van der Waals surface area (Å²) in [6, 6.07) is 5.86. The Kier molecular flexibility index (Phi) is 7.71. The van der Waals surface area contributed by atoms with Crippen LogP contribution < -0.4 is 0 Å². The average Bonchev–Trinajstić information content (AvgIpc) is 3.18. The topological polar surface area (TPSA) is 69.5 Å². The highest BCUT2D eigenvalue weighted by Crippen LogP contribution is 2.37. The number of fused-ring (bicyclic) bond motifs is 1.